The van der Waals surface area contributed by atoms with Gasteiger partial charge in [-0.2, -0.15) is 0 Å². The number of benzene rings is 1. The first kappa shape index (κ1) is 7.19. The molecule has 0 amide bonds. The summed E-state index contributed by atoms with van der Waals surface area (Å²) >= 11 is 9.25. The molecule has 0 aliphatic heterocycles. The summed E-state index contributed by atoms with van der Waals surface area (Å²) in [5.41, 5.74) is 0.737. The van der Waals surface area contributed by atoms with E-state index >= 15 is 0 Å². The summed E-state index contributed by atoms with van der Waals surface area (Å²) in [6.07, 6.45) is 1.63. The Kier molecular flexibility index (Phi) is 1.66. The van der Waals surface area contributed by atoms with Crippen LogP contribution in [-0.2, 0) is 0 Å². The third kappa shape index (κ3) is 1.06. The van der Waals surface area contributed by atoms with E-state index in [2.05, 4.69) is 15.9 Å². The third-order valence-corrected chi connectivity index (χ3v) is 2.50. The molecule has 0 saturated heterocycles. The van der Waals surface area contributed by atoms with E-state index < -0.39 is 0 Å². The molecule has 56 valence electrons. The number of furan rings is 1. The van der Waals surface area contributed by atoms with Crippen LogP contribution in [0.2, 0.25) is 5.02 Å². The number of fused-ring (bicyclic) bond motifs is 1. The average molecular weight is 231 g/mol. The molecule has 0 aliphatic rings. The Morgan fingerprint density at radius 1 is 1.27 bits per heavy atom. The Labute approximate surface area is 77.1 Å². The van der Waals surface area contributed by atoms with Crippen LogP contribution in [0.25, 0.3) is 11.0 Å². The van der Waals surface area contributed by atoms with Gasteiger partial charge in [0, 0.05) is 9.86 Å². The van der Waals surface area contributed by atoms with E-state index in [1.807, 2.05) is 12.1 Å². The molecule has 0 bridgehead atoms. The fourth-order valence-corrected chi connectivity index (χ4v) is 1.65. The molecule has 0 aliphatic carbocycles. The highest BCUT2D eigenvalue weighted by molar-refractivity contribution is 9.10. The highest BCUT2D eigenvalue weighted by Crippen LogP contribution is 2.30. The summed E-state index contributed by atoms with van der Waals surface area (Å²) in [5.74, 6) is 0. The lowest BCUT2D eigenvalue weighted by Gasteiger charge is -1.93. The molecule has 0 N–H and O–H groups in total. The lowest BCUT2D eigenvalue weighted by atomic mass is 10.3. The van der Waals surface area contributed by atoms with Gasteiger partial charge in [0.1, 0.15) is 0 Å². The van der Waals surface area contributed by atoms with E-state index in [-0.39, 0.29) is 0 Å². The Morgan fingerprint density at radius 2 is 2.09 bits per heavy atom. The Bertz CT molecular complexity index is 358. The van der Waals surface area contributed by atoms with Crippen LogP contribution >= 0.6 is 27.5 Å². The summed E-state index contributed by atoms with van der Waals surface area (Å²) in [6, 6.07) is 5.59. The maximum atomic E-state index is 5.86. The van der Waals surface area contributed by atoms with Crippen molar-refractivity contribution < 1.29 is 4.42 Å². The zero-order chi connectivity index (χ0) is 7.84. The van der Waals surface area contributed by atoms with Crippen LogP contribution in [0.4, 0.5) is 0 Å². The maximum Gasteiger partial charge on any atom is 0.153 e. The van der Waals surface area contributed by atoms with Crippen molar-refractivity contribution in [3.63, 3.8) is 0 Å². The van der Waals surface area contributed by atoms with Crippen molar-refractivity contribution in [1.82, 2.24) is 0 Å². The minimum atomic E-state index is 0.646. The fourth-order valence-electron chi connectivity index (χ4n) is 0.994. The largest absolute Gasteiger partial charge is 0.463 e. The van der Waals surface area contributed by atoms with Crippen LogP contribution in [0, 0.1) is 0 Å². The molecule has 0 unspecified atom stereocenters. The maximum absolute atomic E-state index is 5.86. The number of halogens is 2. The van der Waals surface area contributed by atoms with E-state index in [1.165, 1.54) is 0 Å². The summed E-state index contributed by atoms with van der Waals surface area (Å²) in [7, 11) is 0. The van der Waals surface area contributed by atoms with Crippen LogP contribution in [0.5, 0.6) is 0 Å². The monoisotopic (exact) mass is 230 g/mol. The van der Waals surface area contributed by atoms with Crippen LogP contribution in [-0.4, -0.2) is 0 Å². The lowest BCUT2D eigenvalue weighted by molar-refractivity contribution is 0.616. The van der Waals surface area contributed by atoms with Crippen molar-refractivity contribution in [3.8, 4) is 0 Å². The van der Waals surface area contributed by atoms with Gasteiger partial charge in [-0.3, -0.25) is 0 Å². The van der Waals surface area contributed by atoms with E-state index in [1.54, 1.807) is 12.3 Å². The smallest absolute Gasteiger partial charge is 0.153 e. The molecule has 0 atom stereocenters. The average Bonchev–Trinajstić information content (AvgIpc) is 2.45. The van der Waals surface area contributed by atoms with Crippen LogP contribution in [0.15, 0.2) is 33.4 Å². The third-order valence-electron chi connectivity index (χ3n) is 1.52. The zero-order valence-electron chi connectivity index (χ0n) is 5.47. The molecule has 1 heterocycles. The van der Waals surface area contributed by atoms with Crippen molar-refractivity contribution in [2.24, 2.45) is 0 Å². The number of rotatable bonds is 0. The Morgan fingerprint density at radius 3 is 2.82 bits per heavy atom. The standard InChI is InChI=1S/C8H4BrClO/c9-6-1-2-7(10)8-5(6)3-4-11-8/h1-4H. The van der Waals surface area contributed by atoms with Crippen molar-refractivity contribution >= 4 is 38.5 Å². The van der Waals surface area contributed by atoms with E-state index in [4.69, 9.17) is 16.0 Å². The molecule has 1 aromatic heterocycles. The SMILES string of the molecule is Clc1ccc(Br)c2ccoc12. The molecule has 11 heavy (non-hydrogen) atoms. The Hall–Kier alpha value is -0.470. The summed E-state index contributed by atoms with van der Waals surface area (Å²) in [6.45, 7) is 0. The first-order valence-corrected chi connectivity index (χ1v) is 4.27. The van der Waals surface area contributed by atoms with Gasteiger partial charge < -0.3 is 4.42 Å². The van der Waals surface area contributed by atoms with Crippen LogP contribution in [0.1, 0.15) is 0 Å². The molecule has 3 heteroatoms. The molecule has 0 radical (unpaired) electrons. The number of hydrogen-bond donors (Lipinski definition) is 0. The highest BCUT2D eigenvalue weighted by Gasteiger charge is 2.04. The summed E-state index contributed by atoms with van der Waals surface area (Å²) in [5, 5.41) is 1.66. The molecule has 2 aromatic rings. The second-order valence-corrected chi connectivity index (χ2v) is 3.45. The van der Waals surface area contributed by atoms with Gasteiger partial charge in [0.05, 0.1) is 11.3 Å². The zero-order valence-corrected chi connectivity index (χ0v) is 7.82. The molecule has 0 fully saturated rings. The molecule has 1 aromatic carbocycles. The predicted molar refractivity (Wildman–Crippen MR) is 48.9 cm³/mol. The van der Waals surface area contributed by atoms with Crippen molar-refractivity contribution in [3.05, 3.63) is 34.0 Å². The van der Waals surface area contributed by atoms with Gasteiger partial charge >= 0.3 is 0 Å². The predicted octanol–water partition coefficient (Wildman–Crippen LogP) is 3.85. The second-order valence-electron chi connectivity index (χ2n) is 2.19. The first-order chi connectivity index (χ1) is 5.29. The van der Waals surface area contributed by atoms with Gasteiger partial charge in [0.25, 0.3) is 0 Å². The van der Waals surface area contributed by atoms with Crippen LogP contribution < -0.4 is 0 Å². The molecule has 0 saturated carbocycles. The first-order valence-electron chi connectivity index (χ1n) is 3.10. The topological polar surface area (TPSA) is 13.1 Å². The summed E-state index contributed by atoms with van der Waals surface area (Å²) in [4.78, 5) is 0. The van der Waals surface area contributed by atoms with Gasteiger partial charge in [-0.15, -0.1) is 0 Å². The van der Waals surface area contributed by atoms with E-state index in [0.29, 0.717) is 5.02 Å². The van der Waals surface area contributed by atoms with E-state index in [0.717, 1.165) is 15.4 Å². The minimum absolute atomic E-state index is 0.646. The normalized spacial score (nSPS) is 10.7. The lowest BCUT2D eigenvalue weighted by Crippen LogP contribution is -1.68. The van der Waals surface area contributed by atoms with Gasteiger partial charge in [-0.25, -0.2) is 0 Å². The van der Waals surface area contributed by atoms with Crippen molar-refractivity contribution in [1.29, 1.82) is 0 Å². The Balaban J connectivity index is 2.96. The number of hydrogen-bond acceptors (Lipinski definition) is 1. The van der Waals surface area contributed by atoms with Gasteiger partial charge in [-0.1, -0.05) is 27.5 Å². The van der Waals surface area contributed by atoms with Gasteiger partial charge in [0.2, 0.25) is 0 Å². The second kappa shape index (κ2) is 2.54. The fraction of sp³-hybridized carbons (Fsp3) is 0. The molecule has 0 spiro atoms. The quantitative estimate of drug-likeness (QED) is 0.671. The van der Waals surface area contributed by atoms with Crippen molar-refractivity contribution in [2.45, 2.75) is 0 Å². The van der Waals surface area contributed by atoms with Gasteiger partial charge in [0.15, 0.2) is 5.58 Å². The van der Waals surface area contributed by atoms with Crippen LogP contribution in [0.3, 0.4) is 0 Å². The molecular weight excluding hydrogens is 227 g/mol. The summed E-state index contributed by atoms with van der Waals surface area (Å²) < 4.78 is 6.17. The highest BCUT2D eigenvalue weighted by atomic mass is 79.9. The molecular formula is C8H4BrClO. The molecule has 1 nitrogen and oxygen atoms in total. The van der Waals surface area contributed by atoms with Crippen molar-refractivity contribution in [2.75, 3.05) is 0 Å². The van der Waals surface area contributed by atoms with E-state index in [9.17, 15) is 0 Å². The van der Waals surface area contributed by atoms with Gasteiger partial charge in [-0.05, 0) is 18.2 Å². The minimum Gasteiger partial charge on any atom is -0.463 e. The molecule has 2 rings (SSSR count).